The van der Waals surface area contributed by atoms with E-state index >= 15 is 0 Å². The lowest BCUT2D eigenvalue weighted by atomic mass is 9.77. The van der Waals surface area contributed by atoms with Crippen LogP contribution in [0.3, 0.4) is 0 Å². The van der Waals surface area contributed by atoms with Crippen LogP contribution in [0.15, 0.2) is 0 Å². The minimum atomic E-state index is -0.687. The fraction of sp³-hybridized carbons (Fsp3) is 0.929. The third-order valence-electron chi connectivity index (χ3n) is 4.39. The molecule has 2 aliphatic heterocycles. The van der Waals surface area contributed by atoms with Crippen molar-refractivity contribution in [1.82, 2.24) is 10.2 Å². The SMILES string of the molecule is COC(=O)C1(N2CCNCC2)CC(C)(C)OC1(C)C. The van der Waals surface area contributed by atoms with Crippen LogP contribution in [0.1, 0.15) is 34.1 Å². The fourth-order valence-corrected chi connectivity index (χ4v) is 3.80. The summed E-state index contributed by atoms with van der Waals surface area (Å²) >= 11 is 0. The predicted molar refractivity (Wildman–Crippen MR) is 73.0 cm³/mol. The number of nitrogens with zero attached hydrogens (tertiary/aromatic N) is 1. The third-order valence-corrected chi connectivity index (χ3v) is 4.39. The second kappa shape index (κ2) is 4.72. The maximum atomic E-state index is 12.6. The topological polar surface area (TPSA) is 50.8 Å². The van der Waals surface area contributed by atoms with Crippen molar-refractivity contribution in [2.45, 2.75) is 50.9 Å². The van der Waals surface area contributed by atoms with E-state index in [0.717, 1.165) is 26.2 Å². The molecule has 1 N–H and O–H groups in total. The monoisotopic (exact) mass is 270 g/mol. The average molecular weight is 270 g/mol. The van der Waals surface area contributed by atoms with Crippen LogP contribution in [-0.4, -0.2) is 60.9 Å². The summed E-state index contributed by atoms with van der Waals surface area (Å²) in [5, 5.41) is 3.33. The lowest BCUT2D eigenvalue weighted by Gasteiger charge is -2.47. The van der Waals surface area contributed by atoms with E-state index in [2.05, 4.69) is 10.2 Å². The van der Waals surface area contributed by atoms with Crippen molar-refractivity contribution in [2.75, 3.05) is 33.3 Å². The molecule has 5 nitrogen and oxygen atoms in total. The van der Waals surface area contributed by atoms with Crippen LogP contribution in [0.2, 0.25) is 0 Å². The van der Waals surface area contributed by atoms with Gasteiger partial charge in [0.15, 0.2) is 5.54 Å². The van der Waals surface area contributed by atoms with Crippen LogP contribution < -0.4 is 5.32 Å². The Labute approximate surface area is 115 Å². The zero-order valence-corrected chi connectivity index (χ0v) is 12.7. The van der Waals surface area contributed by atoms with Crippen molar-refractivity contribution in [2.24, 2.45) is 0 Å². The molecule has 5 heteroatoms. The molecule has 0 bridgehead atoms. The number of piperazine rings is 1. The van der Waals surface area contributed by atoms with E-state index in [4.69, 9.17) is 9.47 Å². The van der Waals surface area contributed by atoms with Crippen LogP contribution in [0, 0.1) is 0 Å². The Hall–Kier alpha value is -0.650. The molecular formula is C14H26N2O3. The molecule has 2 rings (SSSR count). The summed E-state index contributed by atoms with van der Waals surface area (Å²) < 4.78 is 11.3. The number of carbonyl (C=O) groups excluding carboxylic acids is 1. The molecule has 0 radical (unpaired) electrons. The van der Waals surface area contributed by atoms with E-state index in [1.165, 1.54) is 7.11 Å². The molecule has 19 heavy (non-hydrogen) atoms. The molecule has 0 spiro atoms. The number of hydrogen-bond donors (Lipinski definition) is 1. The maximum absolute atomic E-state index is 12.6. The molecule has 1 atom stereocenters. The van der Waals surface area contributed by atoms with E-state index in [-0.39, 0.29) is 11.6 Å². The van der Waals surface area contributed by atoms with Crippen molar-refractivity contribution in [3.05, 3.63) is 0 Å². The summed E-state index contributed by atoms with van der Waals surface area (Å²) in [7, 11) is 1.47. The van der Waals surface area contributed by atoms with E-state index < -0.39 is 11.1 Å². The quantitative estimate of drug-likeness (QED) is 0.752. The van der Waals surface area contributed by atoms with E-state index in [1.807, 2.05) is 27.7 Å². The van der Waals surface area contributed by atoms with E-state index in [1.54, 1.807) is 0 Å². The van der Waals surface area contributed by atoms with Gasteiger partial charge in [0.2, 0.25) is 0 Å². The lowest BCUT2D eigenvalue weighted by Crippen LogP contribution is -2.67. The smallest absolute Gasteiger partial charge is 0.329 e. The normalized spacial score (nSPS) is 34.2. The van der Waals surface area contributed by atoms with Gasteiger partial charge < -0.3 is 14.8 Å². The summed E-state index contributed by atoms with van der Waals surface area (Å²) in [4.78, 5) is 14.8. The molecule has 0 saturated carbocycles. The van der Waals surface area contributed by atoms with Gasteiger partial charge in [0.25, 0.3) is 0 Å². The van der Waals surface area contributed by atoms with Crippen LogP contribution in [0.25, 0.3) is 0 Å². The molecule has 110 valence electrons. The second-order valence-electron chi connectivity index (χ2n) is 6.64. The first kappa shape index (κ1) is 14.8. The van der Waals surface area contributed by atoms with E-state index in [9.17, 15) is 4.79 Å². The molecule has 2 saturated heterocycles. The second-order valence-corrected chi connectivity index (χ2v) is 6.64. The minimum Gasteiger partial charge on any atom is -0.468 e. The van der Waals surface area contributed by atoms with Gasteiger partial charge in [-0.05, 0) is 27.7 Å². The van der Waals surface area contributed by atoms with E-state index in [0.29, 0.717) is 6.42 Å². The number of carbonyl (C=O) groups is 1. The molecule has 2 heterocycles. The van der Waals surface area contributed by atoms with Crippen molar-refractivity contribution in [1.29, 1.82) is 0 Å². The summed E-state index contributed by atoms with van der Waals surface area (Å²) in [5.74, 6) is -0.176. The van der Waals surface area contributed by atoms with Gasteiger partial charge in [0.1, 0.15) is 0 Å². The molecule has 0 aromatic carbocycles. The number of hydrogen-bond acceptors (Lipinski definition) is 5. The van der Waals surface area contributed by atoms with Gasteiger partial charge >= 0.3 is 5.97 Å². The largest absolute Gasteiger partial charge is 0.468 e. The Balaban J connectivity index is 2.42. The first-order valence-corrected chi connectivity index (χ1v) is 7.00. The third kappa shape index (κ3) is 2.28. The zero-order chi connectivity index (χ0) is 14.3. The van der Waals surface area contributed by atoms with Crippen molar-refractivity contribution in [3.8, 4) is 0 Å². The van der Waals surface area contributed by atoms with Gasteiger partial charge in [-0.15, -0.1) is 0 Å². The van der Waals surface area contributed by atoms with Crippen LogP contribution >= 0.6 is 0 Å². The average Bonchev–Trinajstić information content (AvgIpc) is 2.55. The van der Waals surface area contributed by atoms with Crippen LogP contribution in [-0.2, 0) is 14.3 Å². The van der Waals surface area contributed by atoms with Gasteiger partial charge in [-0.1, -0.05) is 0 Å². The van der Waals surface area contributed by atoms with Crippen molar-refractivity contribution < 1.29 is 14.3 Å². The van der Waals surface area contributed by atoms with Gasteiger partial charge in [-0.2, -0.15) is 0 Å². The standard InChI is InChI=1S/C14H26N2O3/c1-12(2)10-14(11(17)18-5,13(3,4)19-12)16-8-6-15-7-9-16/h15H,6-10H2,1-5H3. The molecule has 2 aliphatic rings. The number of esters is 1. The number of ether oxygens (including phenoxy) is 2. The van der Waals surface area contributed by atoms with Crippen molar-refractivity contribution >= 4 is 5.97 Å². The highest BCUT2D eigenvalue weighted by molar-refractivity contribution is 5.83. The zero-order valence-electron chi connectivity index (χ0n) is 12.7. The van der Waals surface area contributed by atoms with Gasteiger partial charge in [0.05, 0.1) is 18.3 Å². The number of rotatable bonds is 2. The van der Waals surface area contributed by atoms with Gasteiger partial charge in [-0.3, -0.25) is 4.90 Å². The lowest BCUT2D eigenvalue weighted by molar-refractivity contribution is -0.170. The molecular weight excluding hydrogens is 244 g/mol. The maximum Gasteiger partial charge on any atom is 0.329 e. The van der Waals surface area contributed by atoms with Gasteiger partial charge in [0, 0.05) is 32.6 Å². The first-order chi connectivity index (χ1) is 8.75. The Kier molecular flexibility index (Phi) is 3.66. The predicted octanol–water partition coefficient (Wildman–Crippen LogP) is 0.781. The molecule has 0 amide bonds. The highest BCUT2D eigenvalue weighted by Gasteiger charge is 2.65. The molecule has 0 aliphatic carbocycles. The number of methoxy groups -OCH3 is 1. The first-order valence-electron chi connectivity index (χ1n) is 7.00. The summed E-state index contributed by atoms with van der Waals surface area (Å²) in [6, 6.07) is 0. The molecule has 1 unspecified atom stereocenters. The Morgan fingerprint density at radius 3 is 2.21 bits per heavy atom. The molecule has 0 aromatic heterocycles. The summed E-state index contributed by atoms with van der Waals surface area (Å²) in [5.41, 5.74) is -1.56. The molecule has 2 fully saturated rings. The van der Waals surface area contributed by atoms with Crippen LogP contribution in [0.5, 0.6) is 0 Å². The number of nitrogens with one attached hydrogen (secondary N) is 1. The summed E-state index contributed by atoms with van der Waals surface area (Å²) in [6.45, 7) is 11.6. The molecule has 0 aromatic rings. The fourth-order valence-electron chi connectivity index (χ4n) is 3.80. The Morgan fingerprint density at radius 1 is 1.21 bits per heavy atom. The Morgan fingerprint density at radius 2 is 1.79 bits per heavy atom. The van der Waals surface area contributed by atoms with Gasteiger partial charge in [-0.25, -0.2) is 4.79 Å². The Bertz CT molecular complexity index is 362. The minimum absolute atomic E-state index is 0.176. The van der Waals surface area contributed by atoms with Crippen molar-refractivity contribution in [3.63, 3.8) is 0 Å². The summed E-state index contributed by atoms with van der Waals surface area (Å²) in [6.07, 6.45) is 0.666. The highest BCUT2D eigenvalue weighted by atomic mass is 16.6. The highest BCUT2D eigenvalue weighted by Crippen LogP contribution is 2.49. The van der Waals surface area contributed by atoms with Crippen LogP contribution in [0.4, 0.5) is 0 Å².